The van der Waals surface area contributed by atoms with Crippen molar-refractivity contribution in [2.45, 2.75) is 13.0 Å². The van der Waals surface area contributed by atoms with Crippen LogP contribution in [0.25, 0.3) is 0 Å². The van der Waals surface area contributed by atoms with E-state index in [-0.39, 0.29) is 22.4 Å². The average Bonchev–Trinajstić information content (AvgIpc) is 2.67. The molecule has 1 amide bonds. The molecular formula is C19H20ClF2NO5. The maximum Gasteiger partial charge on any atom is 0.387 e. The van der Waals surface area contributed by atoms with E-state index in [1.165, 1.54) is 39.5 Å². The number of hydrogen-bond acceptors (Lipinski definition) is 5. The number of ether oxygens (including phenoxy) is 4. The molecular weight excluding hydrogens is 396 g/mol. The third kappa shape index (κ3) is 5.39. The lowest BCUT2D eigenvalue weighted by Gasteiger charge is -2.13. The number of carbonyl (C=O) groups is 1. The minimum atomic E-state index is -2.94. The van der Waals surface area contributed by atoms with Gasteiger partial charge < -0.3 is 24.3 Å². The van der Waals surface area contributed by atoms with Gasteiger partial charge in [-0.25, -0.2) is 0 Å². The molecule has 0 radical (unpaired) electrons. The number of methoxy groups -OCH3 is 3. The van der Waals surface area contributed by atoms with Gasteiger partial charge in [0.05, 0.1) is 26.4 Å². The number of rotatable bonds is 9. The van der Waals surface area contributed by atoms with Crippen molar-refractivity contribution >= 4 is 17.5 Å². The summed E-state index contributed by atoms with van der Waals surface area (Å²) in [6.07, 6.45) is 0.456. The van der Waals surface area contributed by atoms with Gasteiger partial charge in [-0.3, -0.25) is 4.79 Å². The molecule has 152 valence electrons. The summed E-state index contributed by atoms with van der Waals surface area (Å²) in [5.74, 6) is 0.493. The van der Waals surface area contributed by atoms with Gasteiger partial charge >= 0.3 is 6.61 Å². The molecule has 0 fully saturated rings. The number of alkyl halides is 2. The Morgan fingerprint density at radius 3 is 2.36 bits per heavy atom. The monoisotopic (exact) mass is 415 g/mol. The molecule has 2 aromatic rings. The second-order valence-electron chi connectivity index (χ2n) is 5.56. The van der Waals surface area contributed by atoms with E-state index in [0.717, 1.165) is 5.56 Å². The third-order valence-electron chi connectivity index (χ3n) is 3.84. The molecule has 0 heterocycles. The molecule has 6 nitrogen and oxygen atoms in total. The fourth-order valence-corrected chi connectivity index (χ4v) is 2.82. The van der Waals surface area contributed by atoms with E-state index in [0.29, 0.717) is 30.0 Å². The summed E-state index contributed by atoms with van der Waals surface area (Å²) in [5.41, 5.74) is 1.10. The van der Waals surface area contributed by atoms with Crippen LogP contribution in [0.2, 0.25) is 5.02 Å². The number of halogens is 3. The first-order valence-electron chi connectivity index (χ1n) is 8.21. The molecule has 0 aromatic heterocycles. The van der Waals surface area contributed by atoms with Crippen LogP contribution in [0.1, 0.15) is 15.9 Å². The largest absolute Gasteiger partial charge is 0.493 e. The van der Waals surface area contributed by atoms with Crippen LogP contribution in [0, 0.1) is 0 Å². The van der Waals surface area contributed by atoms with Gasteiger partial charge in [-0.05, 0) is 36.2 Å². The Bertz CT molecular complexity index is 832. The lowest BCUT2D eigenvalue weighted by molar-refractivity contribution is -0.0512. The first-order valence-corrected chi connectivity index (χ1v) is 8.58. The number of benzene rings is 2. The molecule has 0 spiro atoms. The lowest BCUT2D eigenvalue weighted by atomic mass is 10.1. The summed E-state index contributed by atoms with van der Waals surface area (Å²) in [5, 5.41) is 3.02. The maximum atomic E-state index is 12.4. The molecule has 2 aromatic carbocycles. The fourth-order valence-electron chi connectivity index (χ4n) is 2.53. The summed E-state index contributed by atoms with van der Waals surface area (Å²) < 4.78 is 44.5. The van der Waals surface area contributed by atoms with Crippen LogP contribution in [0.4, 0.5) is 8.78 Å². The van der Waals surface area contributed by atoms with Crippen molar-refractivity contribution in [3.63, 3.8) is 0 Å². The average molecular weight is 416 g/mol. The van der Waals surface area contributed by atoms with Gasteiger partial charge in [-0.2, -0.15) is 8.78 Å². The van der Waals surface area contributed by atoms with E-state index >= 15 is 0 Å². The van der Waals surface area contributed by atoms with Gasteiger partial charge in [-0.1, -0.05) is 17.7 Å². The second-order valence-corrected chi connectivity index (χ2v) is 5.97. The van der Waals surface area contributed by atoms with Crippen molar-refractivity contribution in [3.05, 3.63) is 46.5 Å². The van der Waals surface area contributed by atoms with Gasteiger partial charge in [0.15, 0.2) is 23.0 Å². The molecule has 0 aliphatic rings. The zero-order valence-corrected chi connectivity index (χ0v) is 16.3. The highest BCUT2D eigenvalue weighted by molar-refractivity contribution is 6.32. The predicted molar refractivity (Wildman–Crippen MR) is 100 cm³/mol. The molecule has 1 N–H and O–H groups in total. The Kier molecular flexibility index (Phi) is 7.69. The first-order chi connectivity index (χ1) is 13.4. The first kappa shape index (κ1) is 21.6. The predicted octanol–water partition coefficient (Wildman–Crippen LogP) is 3.94. The quantitative estimate of drug-likeness (QED) is 0.672. The fraction of sp³-hybridized carbons (Fsp3) is 0.316. The number of carbonyl (C=O) groups excluding carboxylic acids is 1. The standard InChI is InChI=1S/C19H20ClF2NO5/c1-25-15-8-11(4-5-14(15)28-19(21)22)6-7-23-18(24)12-9-13(20)17(27-3)16(10-12)26-2/h4-5,8-10,19H,6-7H2,1-3H3,(H,23,24). The van der Waals surface area contributed by atoms with E-state index in [1.807, 2.05) is 0 Å². The summed E-state index contributed by atoms with van der Waals surface area (Å²) >= 11 is 6.11. The smallest absolute Gasteiger partial charge is 0.387 e. The van der Waals surface area contributed by atoms with Gasteiger partial charge in [0.2, 0.25) is 0 Å². The van der Waals surface area contributed by atoms with Crippen molar-refractivity contribution < 1.29 is 32.5 Å². The second kappa shape index (κ2) is 9.98. The number of nitrogens with one attached hydrogen (secondary N) is 1. The highest BCUT2D eigenvalue weighted by atomic mass is 35.5. The third-order valence-corrected chi connectivity index (χ3v) is 4.12. The lowest BCUT2D eigenvalue weighted by Crippen LogP contribution is -2.25. The molecule has 2 rings (SSSR count). The number of hydrogen-bond donors (Lipinski definition) is 1. The molecule has 0 saturated heterocycles. The van der Waals surface area contributed by atoms with Crippen molar-refractivity contribution in [1.29, 1.82) is 0 Å². The Balaban J connectivity index is 2.01. The topological polar surface area (TPSA) is 66.0 Å². The van der Waals surface area contributed by atoms with Crippen LogP contribution < -0.4 is 24.3 Å². The van der Waals surface area contributed by atoms with Crippen LogP contribution in [0.5, 0.6) is 23.0 Å². The zero-order valence-electron chi connectivity index (χ0n) is 15.6. The van der Waals surface area contributed by atoms with Crippen molar-refractivity contribution in [1.82, 2.24) is 5.32 Å². The number of amides is 1. The summed E-state index contributed by atoms with van der Waals surface area (Å²) in [7, 11) is 4.26. The SMILES string of the molecule is COc1cc(CCNC(=O)c2cc(Cl)c(OC)c(OC)c2)ccc1OC(F)F. The van der Waals surface area contributed by atoms with Crippen LogP contribution in [0.3, 0.4) is 0 Å². The van der Waals surface area contributed by atoms with Gasteiger partial charge in [-0.15, -0.1) is 0 Å². The van der Waals surface area contributed by atoms with E-state index < -0.39 is 6.61 Å². The Morgan fingerprint density at radius 1 is 1.04 bits per heavy atom. The summed E-state index contributed by atoms with van der Waals surface area (Å²) in [4.78, 5) is 12.4. The Morgan fingerprint density at radius 2 is 1.75 bits per heavy atom. The Hall–Kier alpha value is -2.74. The molecule has 9 heteroatoms. The van der Waals surface area contributed by atoms with Crippen LogP contribution in [0.15, 0.2) is 30.3 Å². The molecule has 0 saturated carbocycles. The van der Waals surface area contributed by atoms with Crippen molar-refractivity contribution in [2.24, 2.45) is 0 Å². The maximum absolute atomic E-state index is 12.4. The van der Waals surface area contributed by atoms with Gasteiger partial charge in [0, 0.05) is 12.1 Å². The summed E-state index contributed by atoms with van der Waals surface area (Å²) in [6, 6.07) is 7.62. The minimum absolute atomic E-state index is 0.0507. The van der Waals surface area contributed by atoms with Crippen molar-refractivity contribution in [2.75, 3.05) is 27.9 Å². The van der Waals surface area contributed by atoms with Crippen molar-refractivity contribution in [3.8, 4) is 23.0 Å². The molecule has 0 bridgehead atoms. The van der Waals surface area contributed by atoms with E-state index in [1.54, 1.807) is 12.1 Å². The van der Waals surface area contributed by atoms with Gasteiger partial charge in [0.25, 0.3) is 5.91 Å². The van der Waals surface area contributed by atoms with Crippen LogP contribution in [-0.2, 0) is 6.42 Å². The highest BCUT2D eigenvalue weighted by Gasteiger charge is 2.15. The van der Waals surface area contributed by atoms with Gasteiger partial charge in [0.1, 0.15) is 0 Å². The normalized spacial score (nSPS) is 10.5. The highest BCUT2D eigenvalue weighted by Crippen LogP contribution is 2.36. The molecule has 0 aliphatic heterocycles. The molecule has 28 heavy (non-hydrogen) atoms. The molecule has 0 aliphatic carbocycles. The zero-order chi connectivity index (χ0) is 20.7. The summed E-state index contributed by atoms with van der Waals surface area (Å²) in [6.45, 7) is -2.63. The molecule has 0 atom stereocenters. The van der Waals surface area contributed by atoms with E-state index in [2.05, 4.69) is 10.1 Å². The van der Waals surface area contributed by atoms with Crippen LogP contribution >= 0.6 is 11.6 Å². The molecule has 0 unspecified atom stereocenters. The van der Waals surface area contributed by atoms with E-state index in [9.17, 15) is 13.6 Å². The van der Waals surface area contributed by atoms with E-state index in [4.69, 9.17) is 25.8 Å². The Labute approximate surface area is 166 Å². The minimum Gasteiger partial charge on any atom is -0.493 e. The van der Waals surface area contributed by atoms with Crippen LogP contribution in [-0.4, -0.2) is 40.4 Å².